The van der Waals surface area contributed by atoms with Crippen LogP contribution in [0.5, 0.6) is 5.75 Å². The van der Waals surface area contributed by atoms with Gasteiger partial charge in [0, 0.05) is 35.9 Å². The molecular formula is C12H14N2O5S. The van der Waals surface area contributed by atoms with Crippen molar-refractivity contribution in [3.05, 3.63) is 28.3 Å². The first kappa shape index (κ1) is 14.4. The Bertz CT molecular complexity index is 537. The molecule has 20 heavy (non-hydrogen) atoms. The van der Waals surface area contributed by atoms with Gasteiger partial charge in [-0.2, -0.15) is 11.8 Å². The van der Waals surface area contributed by atoms with Gasteiger partial charge in [-0.15, -0.1) is 0 Å². The molecule has 0 aromatic heterocycles. The number of rotatable bonds is 4. The Labute approximate surface area is 119 Å². The van der Waals surface area contributed by atoms with Gasteiger partial charge in [0.05, 0.1) is 12.0 Å². The fraction of sp³-hybridized carbons (Fsp3) is 0.417. The molecule has 1 unspecified atom stereocenters. The first-order valence-electron chi connectivity index (χ1n) is 5.94. The zero-order valence-electron chi connectivity index (χ0n) is 10.8. The molecule has 7 nitrogen and oxygen atoms in total. The first-order chi connectivity index (χ1) is 9.54. The summed E-state index contributed by atoms with van der Waals surface area (Å²) in [6, 6.07) is 3.80. The summed E-state index contributed by atoms with van der Waals surface area (Å²) in [5.41, 5.74) is 0.495. The third-order valence-electron chi connectivity index (χ3n) is 3.11. The van der Waals surface area contributed by atoms with Crippen molar-refractivity contribution in [2.24, 2.45) is 0 Å². The second-order valence-corrected chi connectivity index (χ2v) is 5.39. The molecule has 1 heterocycles. The summed E-state index contributed by atoms with van der Waals surface area (Å²) in [5.74, 6) is 0.557. The lowest BCUT2D eigenvalue weighted by Crippen LogP contribution is -2.47. The molecule has 108 valence electrons. The van der Waals surface area contributed by atoms with Crippen molar-refractivity contribution in [1.29, 1.82) is 0 Å². The van der Waals surface area contributed by atoms with Crippen molar-refractivity contribution in [2.45, 2.75) is 6.04 Å². The lowest BCUT2D eigenvalue weighted by atomic mass is 10.2. The van der Waals surface area contributed by atoms with Gasteiger partial charge in [-0.25, -0.2) is 4.79 Å². The number of nitro benzene ring substituents is 1. The zero-order valence-corrected chi connectivity index (χ0v) is 11.6. The monoisotopic (exact) mass is 298 g/mol. The Morgan fingerprint density at radius 1 is 1.60 bits per heavy atom. The Hall–Kier alpha value is -1.96. The van der Waals surface area contributed by atoms with Crippen LogP contribution in [0.25, 0.3) is 0 Å². The Kier molecular flexibility index (Phi) is 4.33. The summed E-state index contributed by atoms with van der Waals surface area (Å²) >= 11 is 1.59. The van der Waals surface area contributed by atoms with Crippen LogP contribution in [-0.4, -0.2) is 47.2 Å². The number of carboxylic acids is 1. The van der Waals surface area contributed by atoms with Gasteiger partial charge in [0.25, 0.3) is 0 Å². The highest BCUT2D eigenvalue weighted by Crippen LogP contribution is 2.33. The van der Waals surface area contributed by atoms with E-state index in [1.807, 2.05) is 0 Å². The van der Waals surface area contributed by atoms with Gasteiger partial charge in [0.15, 0.2) is 5.75 Å². The second kappa shape index (κ2) is 6.00. The van der Waals surface area contributed by atoms with E-state index < -0.39 is 16.9 Å². The average Bonchev–Trinajstić information content (AvgIpc) is 2.46. The molecular weight excluding hydrogens is 284 g/mol. The van der Waals surface area contributed by atoms with Gasteiger partial charge >= 0.3 is 11.7 Å². The molecule has 0 saturated carbocycles. The molecule has 0 radical (unpaired) electrons. The van der Waals surface area contributed by atoms with E-state index in [9.17, 15) is 20.0 Å². The number of ether oxygens (including phenoxy) is 1. The lowest BCUT2D eigenvalue weighted by molar-refractivity contribution is -0.385. The fourth-order valence-corrected chi connectivity index (χ4v) is 3.15. The van der Waals surface area contributed by atoms with Crippen LogP contribution in [0.4, 0.5) is 11.4 Å². The molecule has 2 rings (SSSR count). The Morgan fingerprint density at radius 3 is 2.95 bits per heavy atom. The van der Waals surface area contributed by atoms with E-state index in [0.29, 0.717) is 18.0 Å². The zero-order chi connectivity index (χ0) is 14.7. The van der Waals surface area contributed by atoms with E-state index in [1.165, 1.54) is 19.2 Å². The predicted molar refractivity (Wildman–Crippen MR) is 75.7 cm³/mol. The maximum atomic E-state index is 11.3. The minimum absolute atomic E-state index is 0.130. The SMILES string of the molecule is COc1cc(N2CCSCC2C(=O)O)ccc1[N+](=O)[O-]. The highest BCUT2D eigenvalue weighted by molar-refractivity contribution is 7.99. The van der Waals surface area contributed by atoms with Crippen molar-refractivity contribution in [1.82, 2.24) is 0 Å². The highest BCUT2D eigenvalue weighted by Gasteiger charge is 2.30. The predicted octanol–water partition coefficient (Wildman–Crippen LogP) is 1.61. The smallest absolute Gasteiger partial charge is 0.327 e. The molecule has 0 amide bonds. The third-order valence-corrected chi connectivity index (χ3v) is 4.13. The molecule has 1 aliphatic heterocycles. The standard InChI is InChI=1S/C12H14N2O5S/c1-19-11-6-8(2-3-9(11)14(17)18)13-4-5-20-7-10(13)12(15)16/h2-3,6,10H,4-5,7H2,1H3,(H,15,16). The van der Waals surface area contributed by atoms with Crippen LogP contribution < -0.4 is 9.64 Å². The molecule has 8 heteroatoms. The maximum Gasteiger partial charge on any atom is 0.327 e. The van der Waals surface area contributed by atoms with Crippen molar-refractivity contribution >= 4 is 29.1 Å². The summed E-state index contributed by atoms with van der Waals surface area (Å²) in [6.07, 6.45) is 0. The largest absolute Gasteiger partial charge is 0.490 e. The quantitative estimate of drug-likeness (QED) is 0.666. The van der Waals surface area contributed by atoms with Crippen molar-refractivity contribution < 1.29 is 19.6 Å². The van der Waals surface area contributed by atoms with Crippen LogP contribution in [0.2, 0.25) is 0 Å². The summed E-state index contributed by atoms with van der Waals surface area (Å²) in [7, 11) is 1.35. The Balaban J connectivity index is 2.36. The summed E-state index contributed by atoms with van der Waals surface area (Å²) in [6.45, 7) is 0.586. The van der Waals surface area contributed by atoms with Crippen LogP contribution in [0.3, 0.4) is 0 Å². The van der Waals surface area contributed by atoms with Gasteiger partial charge in [0.1, 0.15) is 6.04 Å². The van der Waals surface area contributed by atoms with Crippen LogP contribution in [-0.2, 0) is 4.79 Å². The normalized spacial score (nSPS) is 18.6. The van der Waals surface area contributed by atoms with E-state index in [1.54, 1.807) is 22.7 Å². The number of methoxy groups -OCH3 is 1. The van der Waals surface area contributed by atoms with Gasteiger partial charge in [-0.1, -0.05) is 0 Å². The van der Waals surface area contributed by atoms with E-state index in [0.717, 1.165) is 5.75 Å². The summed E-state index contributed by atoms with van der Waals surface area (Å²) in [4.78, 5) is 23.3. The minimum atomic E-state index is -0.894. The van der Waals surface area contributed by atoms with Crippen LogP contribution >= 0.6 is 11.8 Å². The molecule has 0 spiro atoms. The molecule has 1 aromatic rings. The van der Waals surface area contributed by atoms with Crippen LogP contribution in [0, 0.1) is 10.1 Å². The fourth-order valence-electron chi connectivity index (χ4n) is 2.11. The number of nitrogens with zero attached hydrogens (tertiary/aromatic N) is 2. The molecule has 0 bridgehead atoms. The highest BCUT2D eigenvalue weighted by atomic mass is 32.2. The van der Waals surface area contributed by atoms with Gasteiger partial charge in [-0.05, 0) is 6.07 Å². The number of carboxylic acid groups (broad SMARTS) is 1. The summed E-state index contributed by atoms with van der Waals surface area (Å²) < 4.78 is 5.01. The van der Waals surface area contributed by atoms with Crippen LogP contribution in [0.15, 0.2) is 18.2 Å². The number of nitro groups is 1. The van der Waals surface area contributed by atoms with Gasteiger partial charge in [-0.3, -0.25) is 10.1 Å². The third kappa shape index (κ3) is 2.79. The number of aliphatic carboxylic acids is 1. The van der Waals surface area contributed by atoms with Crippen molar-refractivity contribution in [3.8, 4) is 5.75 Å². The molecule has 1 saturated heterocycles. The molecule has 0 aliphatic carbocycles. The molecule has 1 aliphatic rings. The van der Waals surface area contributed by atoms with E-state index >= 15 is 0 Å². The van der Waals surface area contributed by atoms with Crippen molar-refractivity contribution in [2.75, 3.05) is 30.1 Å². The number of thioether (sulfide) groups is 1. The molecule has 1 atom stereocenters. The molecule has 1 fully saturated rings. The first-order valence-corrected chi connectivity index (χ1v) is 7.09. The van der Waals surface area contributed by atoms with Gasteiger partial charge in [0.2, 0.25) is 0 Å². The van der Waals surface area contributed by atoms with Crippen LogP contribution in [0.1, 0.15) is 0 Å². The molecule has 1 N–H and O–H groups in total. The van der Waals surface area contributed by atoms with E-state index in [2.05, 4.69) is 0 Å². The van der Waals surface area contributed by atoms with Crippen molar-refractivity contribution in [3.63, 3.8) is 0 Å². The number of hydrogen-bond acceptors (Lipinski definition) is 6. The van der Waals surface area contributed by atoms with Gasteiger partial charge < -0.3 is 14.7 Å². The lowest BCUT2D eigenvalue weighted by Gasteiger charge is -2.34. The maximum absolute atomic E-state index is 11.3. The number of hydrogen-bond donors (Lipinski definition) is 1. The van der Waals surface area contributed by atoms with E-state index in [4.69, 9.17) is 4.74 Å². The Morgan fingerprint density at radius 2 is 2.35 bits per heavy atom. The summed E-state index contributed by atoms with van der Waals surface area (Å²) in [5, 5.41) is 20.1. The second-order valence-electron chi connectivity index (χ2n) is 4.24. The number of carbonyl (C=O) groups is 1. The van der Waals surface area contributed by atoms with E-state index in [-0.39, 0.29) is 11.4 Å². The molecule has 1 aromatic carbocycles. The number of anilines is 1. The number of benzene rings is 1. The topological polar surface area (TPSA) is 92.9 Å². The average molecular weight is 298 g/mol. The minimum Gasteiger partial charge on any atom is -0.490 e.